The van der Waals surface area contributed by atoms with Crippen molar-refractivity contribution in [2.75, 3.05) is 23.0 Å². The standard InChI is InChI=1S/C23H25N3S/c1-3-25(4-2)20-12-10-18(11-13-20)23-16-22(19-14-15-27-17-19)24-26(23)21-8-6-5-7-9-21/h5-15,17,23H,3-4,16H2,1-2H3. The van der Waals surface area contributed by atoms with Gasteiger partial charge in [-0.05, 0) is 60.5 Å². The fraction of sp³-hybridized carbons (Fsp3) is 0.261. The highest BCUT2D eigenvalue weighted by molar-refractivity contribution is 7.08. The molecule has 0 saturated heterocycles. The van der Waals surface area contributed by atoms with Crippen molar-refractivity contribution in [2.45, 2.75) is 26.3 Å². The normalized spacial score (nSPS) is 16.4. The van der Waals surface area contributed by atoms with E-state index in [-0.39, 0.29) is 6.04 Å². The van der Waals surface area contributed by atoms with Gasteiger partial charge in [0.15, 0.2) is 0 Å². The Morgan fingerprint density at radius 1 is 1.00 bits per heavy atom. The summed E-state index contributed by atoms with van der Waals surface area (Å²) in [5, 5.41) is 11.5. The Morgan fingerprint density at radius 2 is 1.74 bits per heavy atom. The van der Waals surface area contributed by atoms with E-state index in [1.807, 2.05) is 0 Å². The molecule has 27 heavy (non-hydrogen) atoms. The smallest absolute Gasteiger partial charge is 0.0831 e. The zero-order valence-electron chi connectivity index (χ0n) is 15.9. The average molecular weight is 376 g/mol. The van der Waals surface area contributed by atoms with Crippen LogP contribution in [0.2, 0.25) is 0 Å². The lowest BCUT2D eigenvalue weighted by Gasteiger charge is -2.25. The van der Waals surface area contributed by atoms with E-state index in [9.17, 15) is 0 Å². The molecule has 1 atom stereocenters. The van der Waals surface area contributed by atoms with Crippen molar-refractivity contribution in [3.05, 3.63) is 82.6 Å². The predicted molar refractivity (Wildman–Crippen MR) is 117 cm³/mol. The summed E-state index contributed by atoms with van der Waals surface area (Å²) in [5.41, 5.74) is 6.14. The van der Waals surface area contributed by atoms with Gasteiger partial charge in [0, 0.05) is 30.8 Å². The fourth-order valence-corrected chi connectivity index (χ4v) is 4.35. The van der Waals surface area contributed by atoms with E-state index in [1.54, 1.807) is 11.3 Å². The van der Waals surface area contributed by atoms with Crippen LogP contribution in [-0.4, -0.2) is 18.8 Å². The highest BCUT2D eigenvalue weighted by Gasteiger charge is 2.30. The molecule has 1 aliphatic rings. The van der Waals surface area contributed by atoms with Crippen LogP contribution in [0.1, 0.15) is 37.4 Å². The molecule has 0 bridgehead atoms. The lowest BCUT2D eigenvalue weighted by Crippen LogP contribution is -2.22. The molecule has 3 nitrogen and oxygen atoms in total. The van der Waals surface area contributed by atoms with E-state index >= 15 is 0 Å². The number of thiophene rings is 1. The number of rotatable bonds is 6. The van der Waals surface area contributed by atoms with Crippen molar-refractivity contribution >= 4 is 28.4 Å². The summed E-state index contributed by atoms with van der Waals surface area (Å²) in [6.45, 7) is 6.46. The molecule has 3 aromatic rings. The summed E-state index contributed by atoms with van der Waals surface area (Å²) in [4.78, 5) is 2.38. The maximum Gasteiger partial charge on any atom is 0.0831 e. The molecule has 0 saturated carbocycles. The van der Waals surface area contributed by atoms with Gasteiger partial charge in [0.1, 0.15) is 0 Å². The van der Waals surface area contributed by atoms with Crippen LogP contribution < -0.4 is 9.91 Å². The lowest BCUT2D eigenvalue weighted by atomic mass is 9.99. The van der Waals surface area contributed by atoms with Crippen molar-refractivity contribution in [3.63, 3.8) is 0 Å². The first kappa shape index (κ1) is 17.8. The van der Waals surface area contributed by atoms with Gasteiger partial charge < -0.3 is 4.90 Å². The zero-order valence-corrected chi connectivity index (χ0v) is 16.7. The van der Waals surface area contributed by atoms with Gasteiger partial charge in [0.05, 0.1) is 17.4 Å². The molecule has 0 amide bonds. The van der Waals surface area contributed by atoms with Crippen LogP contribution in [0.5, 0.6) is 0 Å². The van der Waals surface area contributed by atoms with Crippen LogP contribution in [0.3, 0.4) is 0 Å². The molecular formula is C23H25N3S. The van der Waals surface area contributed by atoms with E-state index < -0.39 is 0 Å². The molecule has 1 aliphatic heterocycles. The monoisotopic (exact) mass is 375 g/mol. The quantitative estimate of drug-likeness (QED) is 0.530. The number of nitrogens with zero attached hydrogens (tertiary/aromatic N) is 3. The Bertz CT molecular complexity index is 881. The number of hydrogen-bond donors (Lipinski definition) is 0. The van der Waals surface area contributed by atoms with Gasteiger partial charge in [-0.25, -0.2) is 0 Å². The molecule has 0 aliphatic carbocycles. The molecule has 2 heterocycles. The number of anilines is 2. The van der Waals surface area contributed by atoms with Crippen LogP contribution in [-0.2, 0) is 0 Å². The molecule has 2 aromatic carbocycles. The van der Waals surface area contributed by atoms with E-state index in [0.29, 0.717) is 0 Å². The fourth-order valence-electron chi connectivity index (χ4n) is 3.69. The Morgan fingerprint density at radius 3 is 2.37 bits per heavy atom. The van der Waals surface area contributed by atoms with Crippen molar-refractivity contribution in [2.24, 2.45) is 5.10 Å². The molecule has 1 aromatic heterocycles. The van der Waals surface area contributed by atoms with E-state index in [4.69, 9.17) is 5.10 Å². The van der Waals surface area contributed by atoms with Crippen LogP contribution in [0.4, 0.5) is 11.4 Å². The van der Waals surface area contributed by atoms with Crippen molar-refractivity contribution in [1.82, 2.24) is 0 Å². The highest BCUT2D eigenvalue weighted by Crippen LogP contribution is 2.37. The summed E-state index contributed by atoms with van der Waals surface area (Å²) in [6, 6.07) is 21.9. The molecule has 138 valence electrons. The molecule has 4 rings (SSSR count). The molecule has 4 heteroatoms. The molecule has 1 unspecified atom stereocenters. The van der Waals surface area contributed by atoms with Crippen molar-refractivity contribution in [1.29, 1.82) is 0 Å². The van der Waals surface area contributed by atoms with Gasteiger partial charge in [0.25, 0.3) is 0 Å². The van der Waals surface area contributed by atoms with Crippen LogP contribution in [0.25, 0.3) is 0 Å². The maximum atomic E-state index is 4.99. The third kappa shape index (κ3) is 3.62. The summed E-state index contributed by atoms with van der Waals surface area (Å²) < 4.78 is 0. The number of hydrazone groups is 1. The zero-order chi connectivity index (χ0) is 18.6. The van der Waals surface area contributed by atoms with E-state index in [2.05, 4.69) is 95.2 Å². The lowest BCUT2D eigenvalue weighted by molar-refractivity contribution is 0.708. The maximum absolute atomic E-state index is 4.99. The Balaban J connectivity index is 1.66. The minimum Gasteiger partial charge on any atom is -0.372 e. The topological polar surface area (TPSA) is 18.8 Å². The first-order chi connectivity index (χ1) is 13.3. The SMILES string of the molecule is CCN(CC)c1ccc(C2CC(c3ccsc3)=NN2c2ccccc2)cc1. The van der Waals surface area contributed by atoms with Gasteiger partial charge >= 0.3 is 0 Å². The van der Waals surface area contributed by atoms with Gasteiger partial charge in [-0.1, -0.05) is 30.3 Å². The predicted octanol–water partition coefficient (Wildman–Crippen LogP) is 5.95. The Hall–Kier alpha value is -2.59. The first-order valence-corrected chi connectivity index (χ1v) is 10.5. The molecular weight excluding hydrogens is 350 g/mol. The van der Waals surface area contributed by atoms with Crippen LogP contribution in [0, 0.1) is 0 Å². The Labute approximate surface area is 165 Å². The van der Waals surface area contributed by atoms with Crippen molar-refractivity contribution in [3.8, 4) is 0 Å². The van der Waals surface area contributed by atoms with Crippen molar-refractivity contribution < 1.29 is 0 Å². The summed E-state index contributed by atoms with van der Waals surface area (Å²) in [7, 11) is 0. The second-order valence-electron chi connectivity index (χ2n) is 6.72. The highest BCUT2D eigenvalue weighted by atomic mass is 32.1. The summed E-state index contributed by atoms with van der Waals surface area (Å²) in [5.74, 6) is 0. The van der Waals surface area contributed by atoms with Crippen LogP contribution in [0.15, 0.2) is 76.5 Å². The second-order valence-corrected chi connectivity index (χ2v) is 7.50. The van der Waals surface area contributed by atoms with Gasteiger partial charge in [-0.3, -0.25) is 5.01 Å². The number of hydrogen-bond acceptors (Lipinski definition) is 4. The van der Waals surface area contributed by atoms with Gasteiger partial charge in [-0.2, -0.15) is 16.4 Å². The van der Waals surface area contributed by atoms with Crippen LogP contribution >= 0.6 is 11.3 Å². The summed E-state index contributed by atoms with van der Waals surface area (Å²) >= 11 is 1.73. The van der Waals surface area contributed by atoms with Gasteiger partial charge in [-0.15, -0.1) is 0 Å². The largest absolute Gasteiger partial charge is 0.372 e. The third-order valence-electron chi connectivity index (χ3n) is 5.19. The van der Waals surface area contributed by atoms with E-state index in [1.165, 1.54) is 16.8 Å². The molecule has 0 radical (unpaired) electrons. The minimum atomic E-state index is 0.230. The Kier molecular flexibility index (Phi) is 5.26. The summed E-state index contributed by atoms with van der Waals surface area (Å²) in [6.07, 6.45) is 0.927. The molecule has 0 N–H and O–H groups in total. The van der Waals surface area contributed by atoms with E-state index in [0.717, 1.165) is 30.9 Å². The van der Waals surface area contributed by atoms with Gasteiger partial charge in [0.2, 0.25) is 0 Å². The average Bonchev–Trinajstić information content (AvgIpc) is 3.40. The first-order valence-electron chi connectivity index (χ1n) is 9.59. The second kappa shape index (κ2) is 7.97. The third-order valence-corrected chi connectivity index (χ3v) is 5.88. The molecule has 0 fully saturated rings. The number of benzene rings is 2. The minimum absolute atomic E-state index is 0.230. The molecule has 0 spiro atoms. The number of para-hydroxylation sites is 1.